The number of rotatable bonds is 6. The third-order valence-electron chi connectivity index (χ3n) is 11.6. The average Bonchev–Trinajstić information content (AvgIpc) is 3.82. The zero-order valence-electron chi connectivity index (χ0n) is 31.5. The second-order valence-corrected chi connectivity index (χ2v) is 14.9. The number of benzene rings is 9. The maximum absolute atomic E-state index is 9.21. The van der Waals surface area contributed by atoms with E-state index < -0.39 is 0 Å². The summed E-state index contributed by atoms with van der Waals surface area (Å²) in [7, 11) is 0. The molecule has 0 fully saturated rings. The maximum Gasteiger partial charge on any atom is 0.0991 e. The SMILES string of the molecule is N#Cc1ccc(-c2ccc(-n3c4ccccc4c4cc(-c5ccc(-c6ccc7c(c6)c6ccccc6n7-c6ccc(-c7ccccc7)cc6)cc5)ccc43)cc2)cc1. The molecule has 0 atom stereocenters. The Labute approximate surface area is 336 Å². The van der Waals surface area contributed by atoms with Gasteiger partial charge < -0.3 is 9.13 Å². The van der Waals surface area contributed by atoms with Crippen LogP contribution in [0.1, 0.15) is 5.56 Å². The first-order valence-electron chi connectivity index (χ1n) is 19.6. The molecule has 2 aromatic heterocycles. The third-order valence-corrected chi connectivity index (χ3v) is 11.6. The lowest BCUT2D eigenvalue weighted by Crippen LogP contribution is -1.93. The highest BCUT2D eigenvalue weighted by molar-refractivity contribution is 6.11. The van der Waals surface area contributed by atoms with E-state index in [1.165, 1.54) is 77.0 Å². The molecule has 0 saturated carbocycles. The minimum atomic E-state index is 0.667. The van der Waals surface area contributed by atoms with E-state index in [1.807, 2.05) is 24.3 Å². The number of nitriles is 1. The van der Waals surface area contributed by atoms with E-state index in [-0.39, 0.29) is 0 Å². The first-order valence-corrected chi connectivity index (χ1v) is 19.6. The Morgan fingerprint density at radius 2 is 0.603 bits per heavy atom. The van der Waals surface area contributed by atoms with Gasteiger partial charge in [0.15, 0.2) is 0 Å². The molecule has 0 unspecified atom stereocenters. The molecule has 0 bridgehead atoms. The molecule has 0 N–H and O–H groups in total. The normalized spacial score (nSPS) is 11.4. The fraction of sp³-hybridized carbons (Fsp3) is 0. The van der Waals surface area contributed by atoms with E-state index in [4.69, 9.17) is 0 Å². The van der Waals surface area contributed by atoms with Crippen molar-refractivity contribution in [1.82, 2.24) is 9.13 Å². The maximum atomic E-state index is 9.21. The highest BCUT2D eigenvalue weighted by Crippen LogP contribution is 2.38. The zero-order chi connectivity index (χ0) is 38.6. The Kier molecular flexibility index (Phi) is 7.88. The highest BCUT2D eigenvalue weighted by atomic mass is 15.0. The standard InChI is InChI=1S/C55H35N3/c56-36-37-14-16-39(17-15-37)41-24-30-47(31-25-41)58-53-13-7-5-11-49(53)51-35-45(27-33-55(51)58)43-20-18-42(19-21-43)44-26-32-54-50(34-44)48-10-4-6-12-52(48)57(54)46-28-22-40(23-29-46)38-8-2-1-3-9-38/h1-35H. The van der Waals surface area contributed by atoms with Gasteiger partial charge in [-0.2, -0.15) is 5.26 Å². The van der Waals surface area contributed by atoms with Crippen LogP contribution in [0.2, 0.25) is 0 Å². The number of hydrogen-bond acceptors (Lipinski definition) is 1. The Morgan fingerprint density at radius 3 is 1.05 bits per heavy atom. The van der Waals surface area contributed by atoms with Crippen LogP contribution in [-0.2, 0) is 0 Å². The third kappa shape index (κ3) is 5.59. The van der Waals surface area contributed by atoms with Gasteiger partial charge in [-0.15, -0.1) is 0 Å². The first-order chi connectivity index (χ1) is 28.7. The van der Waals surface area contributed by atoms with Crippen LogP contribution in [0.4, 0.5) is 0 Å². The van der Waals surface area contributed by atoms with Gasteiger partial charge in [-0.1, -0.05) is 140 Å². The van der Waals surface area contributed by atoms with Crippen molar-refractivity contribution in [3.63, 3.8) is 0 Å². The summed E-state index contributed by atoms with van der Waals surface area (Å²) in [5.74, 6) is 0. The lowest BCUT2D eigenvalue weighted by atomic mass is 9.98. The Bertz CT molecular complexity index is 3340. The lowest BCUT2D eigenvalue weighted by molar-refractivity contribution is 1.18. The Morgan fingerprint density at radius 1 is 0.276 bits per heavy atom. The van der Waals surface area contributed by atoms with E-state index >= 15 is 0 Å². The van der Waals surface area contributed by atoms with Crippen molar-refractivity contribution < 1.29 is 0 Å². The molecule has 0 aliphatic heterocycles. The summed E-state index contributed by atoms with van der Waals surface area (Å²) in [6.45, 7) is 0. The number of fused-ring (bicyclic) bond motifs is 6. The molecule has 0 radical (unpaired) electrons. The fourth-order valence-electron chi connectivity index (χ4n) is 8.69. The van der Waals surface area contributed by atoms with Gasteiger partial charge in [0.05, 0.1) is 33.7 Å². The number of hydrogen-bond donors (Lipinski definition) is 0. The minimum Gasteiger partial charge on any atom is -0.309 e. The molecular weight excluding hydrogens is 703 g/mol. The van der Waals surface area contributed by atoms with Gasteiger partial charge >= 0.3 is 0 Å². The average molecular weight is 738 g/mol. The van der Waals surface area contributed by atoms with Crippen molar-refractivity contribution >= 4 is 43.6 Å². The van der Waals surface area contributed by atoms with Crippen molar-refractivity contribution in [1.29, 1.82) is 5.26 Å². The molecule has 270 valence electrons. The van der Waals surface area contributed by atoms with E-state index in [9.17, 15) is 5.26 Å². The van der Waals surface area contributed by atoms with Crippen molar-refractivity contribution in [2.24, 2.45) is 0 Å². The molecule has 11 rings (SSSR count). The van der Waals surface area contributed by atoms with Crippen LogP contribution in [0.15, 0.2) is 212 Å². The van der Waals surface area contributed by atoms with Gasteiger partial charge in [-0.3, -0.25) is 0 Å². The predicted octanol–water partition coefficient (Wildman–Crippen LogP) is 14.4. The Hall–Kier alpha value is -7.93. The quantitative estimate of drug-likeness (QED) is 0.167. The molecule has 0 aliphatic rings. The van der Waals surface area contributed by atoms with E-state index in [2.05, 4.69) is 203 Å². The first kappa shape index (κ1) is 33.4. The summed E-state index contributed by atoms with van der Waals surface area (Å²) < 4.78 is 4.74. The molecule has 3 nitrogen and oxygen atoms in total. The molecule has 3 heteroatoms. The molecule has 9 aromatic carbocycles. The summed E-state index contributed by atoms with van der Waals surface area (Å²) in [4.78, 5) is 0. The smallest absolute Gasteiger partial charge is 0.0991 e. The molecule has 0 spiro atoms. The summed E-state index contributed by atoms with van der Waals surface area (Å²) >= 11 is 0. The topological polar surface area (TPSA) is 33.6 Å². The van der Waals surface area contributed by atoms with Gasteiger partial charge in [-0.05, 0) is 117 Å². The monoisotopic (exact) mass is 737 g/mol. The molecule has 0 aliphatic carbocycles. The lowest BCUT2D eigenvalue weighted by Gasteiger charge is -2.11. The summed E-state index contributed by atoms with van der Waals surface area (Å²) in [5, 5.41) is 14.2. The number of aromatic nitrogens is 2. The van der Waals surface area contributed by atoms with Crippen LogP contribution < -0.4 is 0 Å². The zero-order valence-corrected chi connectivity index (χ0v) is 31.5. The molecule has 0 saturated heterocycles. The van der Waals surface area contributed by atoms with Gasteiger partial charge in [0, 0.05) is 32.9 Å². The molecule has 0 amide bonds. The van der Waals surface area contributed by atoms with E-state index in [0.29, 0.717) is 5.56 Å². The summed E-state index contributed by atoms with van der Waals surface area (Å²) in [5.41, 5.74) is 17.1. The largest absolute Gasteiger partial charge is 0.309 e. The predicted molar refractivity (Wildman–Crippen MR) is 242 cm³/mol. The highest BCUT2D eigenvalue weighted by Gasteiger charge is 2.16. The fourth-order valence-corrected chi connectivity index (χ4v) is 8.69. The second-order valence-electron chi connectivity index (χ2n) is 14.9. The van der Waals surface area contributed by atoms with Gasteiger partial charge in [0.25, 0.3) is 0 Å². The van der Waals surface area contributed by atoms with Crippen LogP contribution in [0.25, 0.3) is 99.5 Å². The number of nitrogens with zero attached hydrogens (tertiary/aromatic N) is 3. The van der Waals surface area contributed by atoms with Crippen LogP contribution >= 0.6 is 0 Å². The molecular formula is C55H35N3. The minimum absolute atomic E-state index is 0.667. The van der Waals surface area contributed by atoms with E-state index in [1.54, 1.807) is 0 Å². The molecule has 11 aromatic rings. The van der Waals surface area contributed by atoms with Crippen LogP contribution in [-0.4, -0.2) is 9.13 Å². The van der Waals surface area contributed by atoms with Crippen molar-refractivity contribution in [3.05, 3.63) is 218 Å². The molecule has 58 heavy (non-hydrogen) atoms. The van der Waals surface area contributed by atoms with Crippen LogP contribution in [0, 0.1) is 11.3 Å². The van der Waals surface area contributed by atoms with Gasteiger partial charge in [-0.25, -0.2) is 0 Å². The summed E-state index contributed by atoms with van der Waals surface area (Å²) in [6, 6.07) is 78.2. The summed E-state index contributed by atoms with van der Waals surface area (Å²) in [6.07, 6.45) is 0. The number of para-hydroxylation sites is 2. The van der Waals surface area contributed by atoms with Crippen LogP contribution in [0.5, 0.6) is 0 Å². The second kappa shape index (κ2) is 13.7. The van der Waals surface area contributed by atoms with Gasteiger partial charge in [0.2, 0.25) is 0 Å². The Balaban J connectivity index is 0.922. The van der Waals surface area contributed by atoms with Crippen molar-refractivity contribution in [3.8, 4) is 62.0 Å². The van der Waals surface area contributed by atoms with Crippen molar-refractivity contribution in [2.45, 2.75) is 0 Å². The van der Waals surface area contributed by atoms with E-state index in [0.717, 1.165) is 22.5 Å². The molecule has 2 heterocycles. The van der Waals surface area contributed by atoms with Crippen molar-refractivity contribution in [2.75, 3.05) is 0 Å². The van der Waals surface area contributed by atoms with Crippen LogP contribution in [0.3, 0.4) is 0 Å². The van der Waals surface area contributed by atoms with Gasteiger partial charge in [0.1, 0.15) is 0 Å².